The highest BCUT2D eigenvalue weighted by Gasteiger charge is 2.12. The van der Waals surface area contributed by atoms with Gasteiger partial charge in [-0.2, -0.15) is 14.6 Å². The Kier molecular flexibility index (Phi) is 5.70. The maximum atomic E-state index is 12.5. The van der Waals surface area contributed by atoms with Crippen LogP contribution in [-0.2, 0) is 6.54 Å². The lowest BCUT2D eigenvalue weighted by Crippen LogP contribution is -2.30. The number of nitrogens with zero attached hydrogens (tertiary/aromatic N) is 5. The number of amides is 1. The van der Waals surface area contributed by atoms with Crippen LogP contribution in [-0.4, -0.2) is 43.5 Å². The fourth-order valence-electron chi connectivity index (χ4n) is 3.35. The van der Waals surface area contributed by atoms with Gasteiger partial charge in [-0.25, -0.2) is 4.98 Å². The molecule has 30 heavy (non-hydrogen) atoms. The highest BCUT2D eigenvalue weighted by molar-refractivity contribution is 5.94. The number of carbonyl (C=O) groups excluding carboxylic acids is 1. The predicted octanol–water partition coefficient (Wildman–Crippen LogP) is 3.89. The Labute approximate surface area is 175 Å². The zero-order valence-corrected chi connectivity index (χ0v) is 17.1. The molecule has 0 aliphatic carbocycles. The Morgan fingerprint density at radius 2 is 1.77 bits per heavy atom. The average molecular weight is 400 g/mol. The summed E-state index contributed by atoms with van der Waals surface area (Å²) in [7, 11) is 0. The molecule has 7 nitrogen and oxygen atoms in total. The van der Waals surface area contributed by atoms with Crippen molar-refractivity contribution in [3.63, 3.8) is 0 Å². The first kappa shape index (κ1) is 19.6. The SMILES string of the molecule is CCN(CC)C(=O)c1ccc(CNc2cc(-c3ccccc3)nc3ncnn23)cc1. The van der Waals surface area contributed by atoms with E-state index in [1.165, 1.54) is 6.33 Å². The van der Waals surface area contributed by atoms with Gasteiger partial charge in [-0.1, -0.05) is 42.5 Å². The van der Waals surface area contributed by atoms with E-state index >= 15 is 0 Å². The van der Waals surface area contributed by atoms with Crippen LogP contribution in [0.2, 0.25) is 0 Å². The first-order valence-electron chi connectivity index (χ1n) is 10.1. The lowest BCUT2D eigenvalue weighted by atomic mass is 10.1. The van der Waals surface area contributed by atoms with Crippen LogP contribution >= 0.6 is 0 Å². The number of rotatable bonds is 7. The largest absolute Gasteiger partial charge is 0.366 e. The molecule has 152 valence electrons. The molecular formula is C23H24N6O. The van der Waals surface area contributed by atoms with Crippen molar-refractivity contribution in [2.75, 3.05) is 18.4 Å². The Balaban J connectivity index is 1.54. The van der Waals surface area contributed by atoms with Gasteiger partial charge in [-0.15, -0.1) is 0 Å². The Morgan fingerprint density at radius 1 is 1.03 bits per heavy atom. The quantitative estimate of drug-likeness (QED) is 0.509. The van der Waals surface area contributed by atoms with E-state index in [4.69, 9.17) is 0 Å². The van der Waals surface area contributed by atoms with Gasteiger partial charge < -0.3 is 10.2 Å². The van der Waals surface area contributed by atoms with Crippen molar-refractivity contribution in [3.8, 4) is 11.3 Å². The Morgan fingerprint density at radius 3 is 2.47 bits per heavy atom. The van der Waals surface area contributed by atoms with Crippen molar-refractivity contribution < 1.29 is 4.79 Å². The number of carbonyl (C=O) groups is 1. The molecule has 2 heterocycles. The minimum absolute atomic E-state index is 0.0606. The van der Waals surface area contributed by atoms with Crippen LogP contribution in [0.5, 0.6) is 0 Å². The van der Waals surface area contributed by atoms with Crippen LogP contribution in [0.4, 0.5) is 5.82 Å². The third-order valence-corrected chi connectivity index (χ3v) is 5.05. The van der Waals surface area contributed by atoms with Gasteiger partial charge in [0.25, 0.3) is 11.7 Å². The smallest absolute Gasteiger partial charge is 0.254 e. The summed E-state index contributed by atoms with van der Waals surface area (Å²) in [5.74, 6) is 1.41. The van der Waals surface area contributed by atoms with Gasteiger partial charge in [0.1, 0.15) is 12.1 Å². The second-order valence-electron chi connectivity index (χ2n) is 6.89. The van der Waals surface area contributed by atoms with Gasteiger partial charge in [-0.3, -0.25) is 4.79 Å². The number of benzene rings is 2. The van der Waals surface area contributed by atoms with Gasteiger partial charge in [0.15, 0.2) is 0 Å². The van der Waals surface area contributed by atoms with Crippen LogP contribution in [0.1, 0.15) is 29.8 Å². The standard InChI is InChI=1S/C23H24N6O/c1-3-28(4-2)22(30)19-12-10-17(11-13-19)15-24-21-14-20(18-8-6-5-7-9-18)27-23-25-16-26-29(21)23/h5-14,16,24H,3-4,15H2,1-2H3. The maximum absolute atomic E-state index is 12.5. The molecule has 2 aromatic heterocycles. The summed E-state index contributed by atoms with van der Waals surface area (Å²) < 4.78 is 1.69. The topological polar surface area (TPSA) is 75.4 Å². The third kappa shape index (κ3) is 4.00. The van der Waals surface area contributed by atoms with E-state index in [9.17, 15) is 4.79 Å². The normalized spacial score (nSPS) is 10.9. The van der Waals surface area contributed by atoms with Crippen molar-refractivity contribution in [2.45, 2.75) is 20.4 Å². The summed E-state index contributed by atoms with van der Waals surface area (Å²) in [5.41, 5.74) is 3.62. The van der Waals surface area contributed by atoms with Crippen molar-refractivity contribution in [2.24, 2.45) is 0 Å². The van der Waals surface area contributed by atoms with Gasteiger partial charge in [-0.05, 0) is 31.5 Å². The third-order valence-electron chi connectivity index (χ3n) is 5.05. The number of hydrogen-bond acceptors (Lipinski definition) is 5. The molecule has 0 fully saturated rings. The minimum Gasteiger partial charge on any atom is -0.366 e. The van der Waals surface area contributed by atoms with Crippen LogP contribution in [0, 0.1) is 0 Å². The van der Waals surface area contributed by atoms with Crippen molar-refractivity contribution in [1.29, 1.82) is 0 Å². The molecule has 0 saturated heterocycles. The average Bonchev–Trinajstić information content (AvgIpc) is 3.28. The van der Waals surface area contributed by atoms with E-state index in [1.807, 2.05) is 79.4 Å². The molecule has 4 aromatic rings. The van der Waals surface area contributed by atoms with Crippen LogP contribution in [0.25, 0.3) is 17.0 Å². The van der Waals surface area contributed by atoms with Gasteiger partial charge in [0.2, 0.25) is 0 Å². The lowest BCUT2D eigenvalue weighted by Gasteiger charge is -2.18. The zero-order valence-electron chi connectivity index (χ0n) is 17.1. The highest BCUT2D eigenvalue weighted by atomic mass is 16.2. The molecule has 1 N–H and O–H groups in total. The molecule has 2 aromatic carbocycles. The van der Waals surface area contributed by atoms with Crippen molar-refractivity contribution in [1.82, 2.24) is 24.5 Å². The fraction of sp³-hybridized carbons (Fsp3) is 0.217. The second-order valence-corrected chi connectivity index (χ2v) is 6.89. The Hall–Kier alpha value is -3.74. The van der Waals surface area contributed by atoms with E-state index in [1.54, 1.807) is 4.52 Å². The lowest BCUT2D eigenvalue weighted by molar-refractivity contribution is 0.0773. The summed E-state index contributed by atoms with van der Waals surface area (Å²) >= 11 is 0. The molecule has 7 heteroatoms. The fourth-order valence-corrected chi connectivity index (χ4v) is 3.35. The van der Waals surface area contributed by atoms with E-state index < -0.39 is 0 Å². The van der Waals surface area contributed by atoms with E-state index in [-0.39, 0.29) is 5.91 Å². The van der Waals surface area contributed by atoms with E-state index in [0.29, 0.717) is 31.0 Å². The molecule has 0 unspecified atom stereocenters. The molecule has 0 spiro atoms. The van der Waals surface area contributed by atoms with Crippen molar-refractivity contribution >= 4 is 17.5 Å². The molecule has 4 rings (SSSR count). The van der Waals surface area contributed by atoms with Crippen molar-refractivity contribution in [3.05, 3.63) is 78.1 Å². The highest BCUT2D eigenvalue weighted by Crippen LogP contribution is 2.21. The predicted molar refractivity (Wildman–Crippen MR) is 117 cm³/mol. The van der Waals surface area contributed by atoms with E-state index in [2.05, 4.69) is 20.4 Å². The summed E-state index contributed by atoms with van der Waals surface area (Å²) in [6.07, 6.45) is 1.50. The van der Waals surface area contributed by atoms with Gasteiger partial charge in [0, 0.05) is 36.8 Å². The Bertz CT molecular complexity index is 1130. The first-order valence-corrected chi connectivity index (χ1v) is 10.1. The molecule has 0 saturated carbocycles. The van der Waals surface area contributed by atoms with E-state index in [0.717, 1.165) is 22.6 Å². The molecule has 0 aliphatic rings. The summed E-state index contributed by atoms with van der Waals surface area (Å²) in [6, 6.07) is 19.7. The summed E-state index contributed by atoms with van der Waals surface area (Å²) in [6.45, 7) is 5.98. The number of fused-ring (bicyclic) bond motifs is 1. The molecule has 0 atom stereocenters. The first-order chi connectivity index (χ1) is 14.7. The minimum atomic E-state index is 0.0606. The summed E-state index contributed by atoms with van der Waals surface area (Å²) in [5, 5.41) is 7.69. The van der Waals surface area contributed by atoms with Crippen LogP contribution < -0.4 is 5.32 Å². The molecule has 1 amide bonds. The monoisotopic (exact) mass is 400 g/mol. The molecule has 0 aliphatic heterocycles. The number of hydrogen-bond donors (Lipinski definition) is 1. The number of nitrogens with one attached hydrogen (secondary N) is 1. The number of aromatic nitrogens is 4. The molecular weight excluding hydrogens is 376 g/mol. The molecule has 0 bridgehead atoms. The maximum Gasteiger partial charge on any atom is 0.254 e. The second kappa shape index (κ2) is 8.73. The number of anilines is 1. The van der Waals surface area contributed by atoms with Crippen LogP contribution in [0.15, 0.2) is 67.0 Å². The van der Waals surface area contributed by atoms with Crippen LogP contribution in [0.3, 0.4) is 0 Å². The molecule has 0 radical (unpaired) electrons. The van der Waals surface area contributed by atoms with Gasteiger partial charge in [0.05, 0.1) is 5.69 Å². The zero-order chi connectivity index (χ0) is 20.9. The summed E-state index contributed by atoms with van der Waals surface area (Å²) in [4.78, 5) is 23.1. The van der Waals surface area contributed by atoms with Gasteiger partial charge >= 0.3 is 0 Å².